The molecule has 1 aliphatic carbocycles. The fraction of sp³-hybridized carbons (Fsp3) is 0.636. The van der Waals surface area contributed by atoms with Gasteiger partial charge in [-0.15, -0.1) is 10.2 Å². The monoisotopic (exact) mass is 269 g/mol. The lowest BCUT2D eigenvalue weighted by Gasteiger charge is -2.13. The molecule has 1 aliphatic rings. The molecule has 0 radical (unpaired) electrons. The van der Waals surface area contributed by atoms with Crippen molar-refractivity contribution in [3.05, 3.63) is 5.01 Å². The maximum absolute atomic E-state index is 12.0. The minimum atomic E-state index is -0.890. The van der Waals surface area contributed by atoms with E-state index in [9.17, 15) is 9.59 Å². The highest BCUT2D eigenvalue weighted by atomic mass is 32.1. The number of nitrogens with one attached hydrogen (secondary N) is 1. The van der Waals surface area contributed by atoms with Gasteiger partial charge in [0.15, 0.2) is 0 Å². The molecule has 18 heavy (non-hydrogen) atoms. The predicted octanol–water partition coefficient (Wildman–Crippen LogP) is 1.54. The summed E-state index contributed by atoms with van der Waals surface area (Å²) in [6.45, 7) is 1.96. The maximum Gasteiger partial charge on any atom is 0.307 e. The SMILES string of the molecule is CCc1nnc(NC(=O)C2CCCC2C(=O)O)s1. The van der Waals surface area contributed by atoms with Crippen LogP contribution >= 0.6 is 11.3 Å². The molecule has 0 saturated heterocycles. The van der Waals surface area contributed by atoms with Crippen LogP contribution in [-0.4, -0.2) is 27.2 Å². The van der Waals surface area contributed by atoms with Crippen LogP contribution in [0, 0.1) is 11.8 Å². The summed E-state index contributed by atoms with van der Waals surface area (Å²) in [5.41, 5.74) is 0. The van der Waals surface area contributed by atoms with E-state index >= 15 is 0 Å². The number of rotatable bonds is 4. The number of anilines is 1. The Hall–Kier alpha value is -1.50. The fourth-order valence-electron chi connectivity index (χ4n) is 2.21. The minimum absolute atomic E-state index is 0.251. The smallest absolute Gasteiger partial charge is 0.307 e. The van der Waals surface area contributed by atoms with Crippen molar-refractivity contribution < 1.29 is 14.7 Å². The Balaban J connectivity index is 2.01. The third kappa shape index (κ3) is 2.66. The molecular weight excluding hydrogens is 254 g/mol. The molecule has 2 atom stereocenters. The van der Waals surface area contributed by atoms with Crippen LogP contribution in [-0.2, 0) is 16.0 Å². The molecule has 2 rings (SSSR count). The summed E-state index contributed by atoms with van der Waals surface area (Å²) in [6, 6.07) is 0. The number of aryl methyl sites for hydroxylation is 1. The van der Waals surface area contributed by atoms with E-state index < -0.39 is 17.8 Å². The van der Waals surface area contributed by atoms with Crippen LogP contribution < -0.4 is 5.32 Å². The third-order valence-electron chi connectivity index (χ3n) is 3.17. The largest absolute Gasteiger partial charge is 0.481 e. The molecule has 1 aromatic heterocycles. The van der Waals surface area contributed by atoms with Crippen LogP contribution in [0.15, 0.2) is 0 Å². The van der Waals surface area contributed by atoms with Gasteiger partial charge in [0.2, 0.25) is 11.0 Å². The number of carboxylic acid groups (broad SMARTS) is 1. The first-order chi connectivity index (χ1) is 8.61. The molecule has 1 saturated carbocycles. The molecule has 98 valence electrons. The Bertz CT molecular complexity index is 460. The molecule has 0 aromatic carbocycles. The highest BCUT2D eigenvalue weighted by Crippen LogP contribution is 2.33. The van der Waals surface area contributed by atoms with Gasteiger partial charge in [0.25, 0.3) is 0 Å². The molecule has 1 fully saturated rings. The molecule has 0 aliphatic heterocycles. The van der Waals surface area contributed by atoms with Crippen LogP contribution in [0.4, 0.5) is 5.13 Å². The van der Waals surface area contributed by atoms with Crippen molar-refractivity contribution in [2.75, 3.05) is 5.32 Å². The van der Waals surface area contributed by atoms with Crippen LogP contribution in [0.3, 0.4) is 0 Å². The second-order valence-electron chi connectivity index (χ2n) is 4.33. The highest BCUT2D eigenvalue weighted by molar-refractivity contribution is 7.15. The van der Waals surface area contributed by atoms with Crippen LogP contribution in [0.5, 0.6) is 0 Å². The molecule has 1 amide bonds. The van der Waals surface area contributed by atoms with Crippen molar-refractivity contribution >= 4 is 28.3 Å². The summed E-state index contributed by atoms with van der Waals surface area (Å²) in [5, 5.41) is 20.8. The Kier molecular flexibility index (Phi) is 3.90. The van der Waals surface area contributed by atoms with E-state index in [2.05, 4.69) is 15.5 Å². The van der Waals surface area contributed by atoms with Crippen LogP contribution in [0.2, 0.25) is 0 Å². The van der Waals surface area contributed by atoms with E-state index in [-0.39, 0.29) is 5.91 Å². The summed E-state index contributed by atoms with van der Waals surface area (Å²) in [4.78, 5) is 23.0. The predicted molar refractivity (Wildman–Crippen MR) is 66.4 cm³/mol. The maximum atomic E-state index is 12.0. The number of aromatic nitrogens is 2. The zero-order chi connectivity index (χ0) is 13.1. The number of carbonyl (C=O) groups excluding carboxylic acids is 1. The van der Waals surface area contributed by atoms with Gasteiger partial charge in [-0.3, -0.25) is 9.59 Å². The average molecular weight is 269 g/mol. The standard InChI is InChI=1S/C11H15N3O3S/c1-2-8-13-14-11(18-8)12-9(15)6-4-3-5-7(6)10(16)17/h6-7H,2-5H2,1H3,(H,16,17)(H,12,14,15). The second kappa shape index (κ2) is 5.43. The molecule has 1 heterocycles. The van der Waals surface area contributed by atoms with E-state index in [1.165, 1.54) is 11.3 Å². The molecule has 1 aromatic rings. The van der Waals surface area contributed by atoms with E-state index in [4.69, 9.17) is 5.11 Å². The Morgan fingerprint density at radius 3 is 2.72 bits per heavy atom. The fourth-order valence-corrected chi connectivity index (χ4v) is 2.90. The number of nitrogens with zero attached hydrogens (tertiary/aromatic N) is 2. The van der Waals surface area contributed by atoms with E-state index in [1.54, 1.807) is 0 Å². The van der Waals surface area contributed by atoms with Crippen molar-refractivity contribution in [3.8, 4) is 0 Å². The summed E-state index contributed by atoms with van der Waals surface area (Å²) >= 11 is 1.33. The summed E-state index contributed by atoms with van der Waals surface area (Å²) in [5.74, 6) is -2.15. The molecule has 7 heteroatoms. The Labute approximate surface area is 108 Å². The van der Waals surface area contributed by atoms with Crippen molar-refractivity contribution in [2.24, 2.45) is 11.8 Å². The third-order valence-corrected chi connectivity index (χ3v) is 4.15. The van der Waals surface area contributed by atoms with Crippen molar-refractivity contribution in [3.63, 3.8) is 0 Å². The first kappa shape index (κ1) is 12.9. The first-order valence-corrected chi connectivity index (χ1v) is 6.79. The Morgan fingerprint density at radius 2 is 2.11 bits per heavy atom. The van der Waals surface area contributed by atoms with E-state index in [1.807, 2.05) is 6.92 Å². The quantitative estimate of drug-likeness (QED) is 0.865. The van der Waals surface area contributed by atoms with Gasteiger partial charge >= 0.3 is 5.97 Å². The molecule has 2 unspecified atom stereocenters. The van der Waals surface area contributed by atoms with Gasteiger partial charge in [0, 0.05) is 0 Å². The molecule has 6 nitrogen and oxygen atoms in total. The number of carboxylic acids is 1. The number of aliphatic carboxylic acids is 1. The van der Waals surface area contributed by atoms with Crippen molar-refractivity contribution in [1.29, 1.82) is 0 Å². The van der Waals surface area contributed by atoms with Crippen LogP contribution in [0.25, 0.3) is 0 Å². The summed E-state index contributed by atoms with van der Waals surface area (Å²) in [7, 11) is 0. The van der Waals surface area contributed by atoms with Gasteiger partial charge in [-0.05, 0) is 19.3 Å². The van der Waals surface area contributed by atoms with Gasteiger partial charge < -0.3 is 10.4 Å². The van der Waals surface area contributed by atoms with Gasteiger partial charge in [0.1, 0.15) is 5.01 Å². The molecule has 0 bridgehead atoms. The van der Waals surface area contributed by atoms with Gasteiger partial charge in [-0.25, -0.2) is 0 Å². The van der Waals surface area contributed by atoms with E-state index in [0.717, 1.165) is 17.8 Å². The molecule has 0 spiro atoms. The lowest BCUT2D eigenvalue weighted by molar-refractivity contribution is -0.145. The van der Waals surface area contributed by atoms with Crippen LogP contribution in [0.1, 0.15) is 31.2 Å². The molecule has 2 N–H and O–H groups in total. The van der Waals surface area contributed by atoms with Gasteiger partial charge in [-0.2, -0.15) is 0 Å². The highest BCUT2D eigenvalue weighted by Gasteiger charge is 2.37. The first-order valence-electron chi connectivity index (χ1n) is 5.98. The minimum Gasteiger partial charge on any atom is -0.481 e. The van der Waals surface area contributed by atoms with Gasteiger partial charge in [-0.1, -0.05) is 24.7 Å². The van der Waals surface area contributed by atoms with Crippen molar-refractivity contribution in [1.82, 2.24) is 10.2 Å². The normalized spacial score (nSPS) is 22.9. The number of hydrogen-bond donors (Lipinski definition) is 2. The number of hydrogen-bond acceptors (Lipinski definition) is 5. The van der Waals surface area contributed by atoms with Crippen molar-refractivity contribution in [2.45, 2.75) is 32.6 Å². The lowest BCUT2D eigenvalue weighted by Crippen LogP contribution is -2.29. The molecular formula is C11H15N3O3S. The number of amides is 1. The lowest BCUT2D eigenvalue weighted by atomic mass is 9.95. The van der Waals surface area contributed by atoms with Gasteiger partial charge in [0.05, 0.1) is 11.8 Å². The second-order valence-corrected chi connectivity index (χ2v) is 5.39. The average Bonchev–Trinajstić information content (AvgIpc) is 2.96. The zero-order valence-corrected chi connectivity index (χ0v) is 10.9. The van der Waals surface area contributed by atoms with E-state index in [0.29, 0.717) is 18.0 Å². The zero-order valence-electron chi connectivity index (χ0n) is 10.0. The summed E-state index contributed by atoms with van der Waals surface area (Å²) in [6.07, 6.45) is 2.76. The summed E-state index contributed by atoms with van der Waals surface area (Å²) < 4.78 is 0. The Morgan fingerprint density at radius 1 is 1.39 bits per heavy atom. The number of carbonyl (C=O) groups is 2. The topological polar surface area (TPSA) is 92.2 Å².